The number of halogens is 1. The smallest absolute Gasteiger partial charge is 0.372 e. The molecule has 0 bridgehead atoms. The summed E-state index contributed by atoms with van der Waals surface area (Å²) >= 11 is 3.40. The summed E-state index contributed by atoms with van der Waals surface area (Å²) in [5.74, 6) is -1.95. The minimum absolute atomic E-state index is 0.193. The van der Waals surface area contributed by atoms with E-state index >= 15 is 0 Å². The zero-order chi connectivity index (χ0) is 12.2. The van der Waals surface area contributed by atoms with E-state index in [9.17, 15) is 9.59 Å². The van der Waals surface area contributed by atoms with E-state index in [-0.39, 0.29) is 6.42 Å². The van der Waals surface area contributed by atoms with E-state index in [1.54, 1.807) is 0 Å². The number of carboxylic acids is 1. The lowest BCUT2D eigenvalue weighted by Gasteiger charge is -2.00. The molecule has 0 spiro atoms. The monoisotopic (exact) mass is 292 g/mol. The van der Waals surface area contributed by atoms with Crippen molar-refractivity contribution >= 4 is 27.7 Å². The Hall–Kier alpha value is -0.380. The molecule has 0 unspecified atom stereocenters. The Bertz CT molecular complexity index is 204. The van der Waals surface area contributed by atoms with Crippen molar-refractivity contribution in [3.8, 4) is 0 Å². The number of carboxylic acid groups (broad SMARTS) is 1. The SMILES string of the molecule is O=C(O)C(=O)CCCCCCCCCCBr. The van der Waals surface area contributed by atoms with Crippen molar-refractivity contribution < 1.29 is 14.7 Å². The fraction of sp³-hybridized carbons (Fsp3) is 0.833. The van der Waals surface area contributed by atoms with E-state index in [2.05, 4.69) is 15.9 Å². The van der Waals surface area contributed by atoms with Gasteiger partial charge in [0.25, 0.3) is 0 Å². The fourth-order valence-electron chi connectivity index (χ4n) is 1.55. The highest BCUT2D eigenvalue weighted by Gasteiger charge is 2.09. The molecule has 0 saturated carbocycles. The zero-order valence-electron chi connectivity index (χ0n) is 9.71. The van der Waals surface area contributed by atoms with Crippen molar-refractivity contribution in [1.29, 1.82) is 0 Å². The Labute approximate surface area is 106 Å². The molecule has 0 aromatic heterocycles. The van der Waals surface area contributed by atoms with Crippen LogP contribution in [0.2, 0.25) is 0 Å². The molecule has 0 aliphatic heterocycles. The van der Waals surface area contributed by atoms with E-state index in [4.69, 9.17) is 5.11 Å². The second kappa shape index (κ2) is 11.1. The van der Waals surface area contributed by atoms with Crippen LogP contribution in [-0.4, -0.2) is 22.2 Å². The predicted octanol–water partition coefficient (Wildman–Crippen LogP) is 3.55. The largest absolute Gasteiger partial charge is 0.476 e. The summed E-state index contributed by atoms with van der Waals surface area (Å²) in [5.41, 5.74) is 0. The lowest BCUT2D eigenvalue weighted by Crippen LogP contribution is -2.11. The fourth-order valence-corrected chi connectivity index (χ4v) is 1.94. The van der Waals surface area contributed by atoms with Gasteiger partial charge in [0.1, 0.15) is 0 Å². The van der Waals surface area contributed by atoms with Crippen LogP contribution in [0.1, 0.15) is 57.8 Å². The molecule has 0 atom stereocenters. The first-order valence-electron chi connectivity index (χ1n) is 6.00. The van der Waals surface area contributed by atoms with Crippen LogP contribution < -0.4 is 0 Å². The maximum absolute atomic E-state index is 10.7. The van der Waals surface area contributed by atoms with Gasteiger partial charge in [-0.3, -0.25) is 4.79 Å². The number of ketones is 1. The second-order valence-corrected chi connectivity index (χ2v) is 4.79. The number of unbranched alkanes of at least 4 members (excludes halogenated alkanes) is 7. The number of carbonyl (C=O) groups excluding carboxylic acids is 1. The molecular weight excluding hydrogens is 272 g/mol. The Morgan fingerprint density at radius 2 is 1.25 bits per heavy atom. The lowest BCUT2D eigenvalue weighted by atomic mass is 10.1. The van der Waals surface area contributed by atoms with Gasteiger partial charge in [0, 0.05) is 11.8 Å². The molecule has 1 N–H and O–H groups in total. The van der Waals surface area contributed by atoms with Crippen molar-refractivity contribution in [2.45, 2.75) is 57.8 Å². The number of hydrogen-bond acceptors (Lipinski definition) is 2. The van der Waals surface area contributed by atoms with Crippen molar-refractivity contribution in [2.24, 2.45) is 0 Å². The van der Waals surface area contributed by atoms with Gasteiger partial charge in [0.05, 0.1) is 0 Å². The van der Waals surface area contributed by atoms with Gasteiger partial charge in [-0.05, 0) is 12.8 Å². The minimum atomic E-state index is -1.30. The van der Waals surface area contributed by atoms with Crippen LogP contribution in [0, 0.1) is 0 Å². The van der Waals surface area contributed by atoms with Gasteiger partial charge >= 0.3 is 5.97 Å². The van der Waals surface area contributed by atoms with Crippen LogP contribution in [0.25, 0.3) is 0 Å². The van der Waals surface area contributed by atoms with Crippen LogP contribution in [-0.2, 0) is 9.59 Å². The van der Waals surface area contributed by atoms with Crippen molar-refractivity contribution in [3.63, 3.8) is 0 Å². The summed E-state index contributed by atoms with van der Waals surface area (Å²) < 4.78 is 0. The Kier molecular flexibility index (Phi) is 10.9. The maximum atomic E-state index is 10.7. The molecule has 0 aromatic carbocycles. The molecule has 16 heavy (non-hydrogen) atoms. The summed E-state index contributed by atoms with van der Waals surface area (Å²) in [6.07, 6.45) is 9.24. The highest BCUT2D eigenvalue weighted by atomic mass is 79.9. The van der Waals surface area contributed by atoms with Gasteiger partial charge in [-0.25, -0.2) is 4.79 Å². The quantitative estimate of drug-likeness (QED) is 0.360. The average Bonchev–Trinajstić information content (AvgIpc) is 2.26. The number of hydrogen-bond donors (Lipinski definition) is 1. The minimum Gasteiger partial charge on any atom is -0.476 e. The molecule has 3 nitrogen and oxygen atoms in total. The number of rotatable bonds is 11. The third kappa shape index (κ3) is 10.1. The number of carbonyl (C=O) groups is 2. The van der Waals surface area contributed by atoms with Crippen LogP contribution in [0.15, 0.2) is 0 Å². The Balaban J connectivity index is 3.10. The van der Waals surface area contributed by atoms with Crippen molar-refractivity contribution in [2.75, 3.05) is 5.33 Å². The predicted molar refractivity (Wildman–Crippen MR) is 68.0 cm³/mol. The standard InChI is InChI=1S/C12H21BrO3/c13-10-8-6-4-2-1-3-5-7-9-11(14)12(15)16/h1-10H2,(H,15,16). The second-order valence-electron chi connectivity index (χ2n) is 4.00. The lowest BCUT2D eigenvalue weighted by molar-refractivity contribution is -0.149. The molecule has 0 aromatic rings. The topological polar surface area (TPSA) is 54.4 Å². The first-order valence-corrected chi connectivity index (χ1v) is 7.12. The molecule has 0 aliphatic carbocycles. The van der Waals surface area contributed by atoms with Crippen LogP contribution >= 0.6 is 15.9 Å². The number of aliphatic carboxylic acids is 1. The van der Waals surface area contributed by atoms with E-state index in [1.165, 1.54) is 32.1 Å². The summed E-state index contributed by atoms with van der Waals surface area (Å²) in [7, 11) is 0. The summed E-state index contributed by atoms with van der Waals surface area (Å²) in [6, 6.07) is 0. The van der Waals surface area contributed by atoms with Gasteiger partial charge < -0.3 is 5.11 Å². The van der Waals surface area contributed by atoms with E-state index in [1.807, 2.05) is 0 Å². The third-order valence-corrected chi connectivity index (χ3v) is 3.09. The number of Topliss-reactive ketones (excluding diaryl/α,β-unsaturated/α-hetero) is 1. The van der Waals surface area contributed by atoms with Gasteiger partial charge in [-0.15, -0.1) is 0 Å². The van der Waals surface area contributed by atoms with E-state index < -0.39 is 11.8 Å². The zero-order valence-corrected chi connectivity index (χ0v) is 11.3. The van der Waals surface area contributed by atoms with E-state index in [0.717, 1.165) is 18.2 Å². The maximum Gasteiger partial charge on any atom is 0.372 e. The highest BCUT2D eigenvalue weighted by molar-refractivity contribution is 9.09. The molecule has 0 heterocycles. The van der Waals surface area contributed by atoms with Crippen LogP contribution in [0.5, 0.6) is 0 Å². The van der Waals surface area contributed by atoms with Gasteiger partial charge in [-0.1, -0.05) is 54.5 Å². The molecular formula is C12H21BrO3. The molecule has 0 aliphatic rings. The molecule has 0 radical (unpaired) electrons. The summed E-state index contributed by atoms with van der Waals surface area (Å²) in [4.78, 5) is 21.0. The molecule has 0 fully saturated rings. The molecule has 94 valence electrons. The Morgan fingerprint density at radius 3 is 1.69 bits per heavy atom. The Morgan fingerprint density at radius 1 is 0.812 bits per heavy atom. The summed E-state index contributed by atoms with van der Waals surface area (Å²) in [5, 5.41) is 9.44. The normalized spacial score (nSPS) is 10.3. The van der Waals surface area contributed by atoms with Crippen LogP contribution in [0.4, 0.5) is 0 Å². The molecule has 0 amide bonds. The van der Waals surface area contributed by atoms with E-state index in [0.29, 0.717) is 6.42 Å². The molecule has 0 saturated heterocycles. The van der Waals surface area contributed by atoms with Crippen molar-refractivity contribution in [1.82, 2.24) is 0 Å². The van der Waals surface area contributed by atoms with Crippen molar-refractivity contribution in [3.05, 3.63) is 0 Å². The van der Waals surface area contributed by atoms with Gasteiger partial charge in [-0.2, -0.15) is 0 Å². The highest BCUT2D eigenvalue weighted by Crippen LogP contribution is 2.10. The van der Waals surface area contributed by atoms with Gasteiger partial charge in [0.15, 0.2) is 0 Å². The average molecular weight is 293 g/mol. The van der Waals surface area contributed by atoms with Gasteiger partial charge in [0.2, 0.25) is 5.78 Å². The van der Waals surface area contributed by atoms with Crippen LogP contribution in [0.3, 0.4) is 0 Å². The molecule has 4 heteroatoms. The number of alkyl halides is 1. The first kappa shape index (κ1) is 15.6. The third-order valence-electron chi connectivity index (χ3n) is 2.53. The first-order chi connectivity index (χ1) is 7.68. The summed E-state index contributed by atoms with van der Waals surface area (Å²) in [6.45, 7) is 0. The molecule has 0 rings (SSSR count).